The number of hydrogen-bond acceptors (Lipinski definition) is 8. The molecule has 2 aromatic heterocycles. The number of hydrogen-bond donors (Lipinski definition) is 4. The van der Waals surface area contributed by atoms with Crippen molar-refractivity contribution in [2.45, 2.75) is 51.7 Å². The van der Waals surface area contributed by atoms with Gasteiger partial charge >= 0.3 is 0 Å². The topological polar surface area (TPSA) is 94.6 Å². The van der Waals surface area contributed by atoms with Crippen LogP contribution >= 0.6 is 48.8 Å². The van der Waals surface area contributed by atoms with Gasteiger partial charge in [-0.05, 0) is 113 Å². The fourth-order valence-corrected chi connectivity index (χ4v) is 6.45. The van der Waals surface area contributed by atoms with Gasteiger partial charge in [0.05, 0.1) is 30.0 Å². The van der Waals surface area contributed by atoms with Gasteiger partial charge in [-0.15, -0.1) is 37.2 Å². The Morgan fingerprint density at radius 1 is 0.958 bits per heavy atom. The van der Waals surface area contributed by atoms with Gasteiger partial charge < -0.3 is 20.5 Å². The third-order valence-electron chi connectivity index (χ3n) is 8.58. The minimum atomic E-state index is -0.0873. The van der Waals surface area contributed by atoms with E-state index in [1.54, 1.807) is 13.3 Å². The van der Waals surface area contributed by atoms with E-state index in [1.807, 2.05) is 61.7 Å². The minimum Gasteiger partial charge on any atom is -0.507 e. The summed E-state index contributed by atoms with van der Waals surface area (Å²) in [5.74, 6) is 1.15. The summed E-state index contributed by atoms with van der Waals surface area (Å²) in [6.45, 7) is 6.97. The predicted molar refractivity (Wildman–Crippen MR) is 207 cm³/mol. The van der Waals surface area contributed by atoms with Crippen LogP contribution in [0.5, 0.6) is 11.5 Å². The first-order valence-electron chi connectivity index (χ1n) is 15.7. The molecule has 6 rings (SSSR count). The number of pyridine rings is 2. The van der Waals surface area contributed by atoms with E-state index in [2.05, 4.69) is 49.9 Å². The molecule has 5 aromatic rings. The lowest BCUT2D eigenvalue weighted by Gasteiger charge is -2.30. The molecule has 2 atom stereocenters. The number of phenols is 1. The van der Waals surface area contributed by atoms with Crippen LogP contribution < -0.4 is 20.7 Å². The zero-order valence-electron chi connectivity index (χ0n) is 27.3. The SMILES string of the molecule is COc1cc(NC(C)CCCNC(c2cc(Nc3ccnc4cc(Cl)ccc34)cc(C)c2O)N2CCCC2)c2ncccc2c1.Cl.Cl.Cl. The second-order valence-electron chi connectivity index (χ2n) is 11.9. The second-order valence-corrected chi connectivity index (χ2v) is 12.3. The summed E-state index contributed by atoms with van der Waals surface area (Å²) in [7, 11) is 1.69. The number of nitrogens with zero attached hydrogens (tertiary/aromatic N) is 3. The first-order valence-corrected chi connectivity index (χ1v) is 16.1. The maximum Gasteiger partial charge on any atom is 0.124 e. The molecule has 258 valence electrons. The molecule has 1 fully saturated rings. The summed E-state index contributed by atoms with van der Waals surface area (Å²) in [5, 5.41) is 25.0. The van der Waals surface area contributed by atoms with Gasteiger partial charge in [-0.2, -0.15) is 0 Å². The lowest BCUT2D eigenvalue weighted by Crippen LogP contribution is -2.37. The number of anilines is 3. The Balaban J connectivity index is 0.00000208. The zero-order chi connectivity index (χ0) is 31.3. The monoisotopic (exact) mass is 732 g/mol. The summed E-state index contributed by atoms with van der Waals surface area (Å²) in [6, 6.07) is 20.0. The van der Waals surface area contributed by atoms with Crippen LogP contribution in [0.3, 0.4) is 0 Å². The fourth-order valence-electron chi connectivity index (χ4n) is 6.29. The zero-order valence-corrected chi connectivity index (χ0v) is 30.5. The van der Waals surface area contributed by atoms with Gasteiger partial charge in [-0.3, -0.25) is 20.2 Å². The Morgan fingerprint density at radius 3 is 2.52 bits per heavy atom. The van der Waals surface area contributed by atoms with Crippen molar-refractivity contribution in [2.75, 3.05) is 37.4 Å². The van der Waals surface area contributed by atoms with E-state index in [4.69, 9.17) is 16.3 Å². The molecule has 4 N–H and O–H groups in total. The Morgan fingerprint density at radius 2 is 1.75 bits per heavy atom. The van der Waals surface area contributed by atoms with Gasteiger partial charge in [0.2, 0.25) is 0 Å². The van der Waals surface area contributed by atoms with Gasteiger partial charge in [0, 0.05) is 57.2 Å². The van der Waals surface area contributed by atoms with Crippen molar-refractivity contribution in [1.29, 1.82) is 0 Å². The van der Waals surface area contributed by atoms with E-state index in [0.29, 0.717) is 10.8 Å². The summed E-state index contributed by atoms with van der Waals surface area (Å²) in [4.78, 5) is 11.5. The highest BCUT2D eigenvalue weighted by Crippen LogP contribution is 2.36. The van der Waals surface area contributed by atoms with Gasteiger partial charge in [0.15, 0.2) is 0 Å². The van der Waals surface area contributed by atoms with Crippen molar-refractivity contribution >= 4 is 87.7 Å². The van der Waals surface area contributed by atoms with E-state index in [9.17, 15) is 5.11 Å². The molecule has 0 amide bonds. The van der Waals surface area contributed by atoms with Crippen molar-refractivity contribution in [3.63, 3.8) is 0 Å². The Bertz CT molecular complexity index is 1800. The molecule has 48 heavy (non-hydrogen) atoms. The van der Waals surface area contributed by atoms with E-state index in [-0.39, 0.29) is 49.4 Å². The molecular weight excluding hydrogens is 690 g/mol. The number of ether oxygens (including phenoxy) is 1. The third kappa shape index (κ3) is 9.05. The van der Waals surface area contributed by atoms with E-state index >= 15 is 0 Å². The van der Waals surface area contributed by atoms with Crippen molar-refractivity contribution in [2.24, 2.45) is 0 Å². The molecule has 3 heterocycles. The maximum atomic E-state index is 11.3. The summed E-state index contributed by atoms with van der Waals surface area (Å²) in [6.07, 6.45) is 7.77. The molecule has 0 bridgehead atoms. The average Bonchev–Trinajstić information content (AvgIpc) is 3.57. The molecule has 1 saturated heterocycles. The molecule has 2 unspecified atom stereocenters. The number of aromatic hydroxyl groups is 1. The molecule has 0 aliphatic carbocycles. The number of aromatic nitrogens is 2. The number of fused-ring (bicyclic) bond motifs is 2. The Kier molecular flexibility index (Phi) is 14.7. The smallest absolute Gasteiger partial charge is 0.124 e. The molecular formula is C36H44Cl4N6O2. The van der Waals surface area contributed by atoms with E-state index in [1.165, 1.54) is 0 Å². The number of benzene rings is 3. The summed E-state index contributed by atoms with van der Waals surface area (Å²) < 4.78 is 5.53. The maximum absolute atomic E-state index is 11.3. The number of rotatable bonds is 12. The molecule has 0 spiro atoms. The number of halogens is 4. The second kappa shape index (κ2) is 18.0. The van der Waals surface area contributed by atoms with Crippen LogP contribution in [0.25, 0.3) is 21.8 Å². The van der Waals surface area contributed by atoms with Crippen molar-refractivity contribution in [1.82, 2.24) is 20.2 Å². The number of phenolic OH excluding ortho intramolecular Hbond substituents is 1. The highest BCUT2D eigenvalue weighted by molar-refractivity contribution is 6.31. The minimum absolute atomic E-state index is 0. The first kappa shape index (κ1) is 39.2. The number of likely N-dealkylation sites (tertiary alicyclic amines) is 1. The Labute approximate surface area is 306 Å². The first-order chi connectivity index (χ1) is 21.9. The van der Waals surface area contributed by atoms with E-state index in [0.717, 1.165) is 101 Å². The van der Waals surface area contributed by atoms with Crippen LogP contribution in [0, 0.1) is 6.92 Å². The molecule has 3 aromatic carbocycles. The molecule has 8 nitrogen and oxygen atoms in total. The van der Waals surface area contributed by atoms with Gasteiger partial charge in [-0.25, -0.2) is 0 Å². The van der Waals surface area contributed by atoms with Crippen molar-refractivity contribution < 1.29 is 9.84 Å². The van der Waals surface area contributed by atoms with Crippen molar-refractivity contribution in [3.8, 4) is 11.5 Å². The molecule has 0 saturated carbocycles. The molecule has 0 radical (unpaired) electrons. The standard InChI is InChI=1S/C36H41ClN6O2.3ClH/c1-23-18-27(42-31-12-15-38-32-20-26(37)10-11-29(31)32)21-30(35(23)44)36(43-16-4-5-17-43)40-14-6-8-24(2)41-33-22-28(45-3)19-25-9-7-13-39-34(25)33;;;/h7,9-13,15,18-22,24,36,40-41,44H,4-6,8,14,16-17H2,1-3H3,(H,38,42);3*1H. The van der Waals surface area contributed by atoms with E-state index < -0.39 is 0 Å². The molecule has 1 aliphatic rings. The summed E-state index contributed by atoms with van der Waals surface area (Å²) in [5.41, 5.74) is 6.35. The third-order valence-corrected chi connectivity index (χ3v) is 8.82. The van der Waals surface area contributed by atoms with Crippen LogP contribution in [0.15, 0.2) is 73.1 Å². The highest BCUT2D eigenvalue weighted by Gasteiger charge is 2.26. The quantitative estimate of drug-likeness (QED) is 0.0745. The van der Waals surface area contributed by atoms with Crippen LogP contribution in [0.2, 0.25) is 5.02 Å². The summed E-state index contributed by atoms with van der Waals surface area (Å²) >= 11 is 6.21. The lowest BCUT2D eigenvalue weighted by atomic mass is 10.0. The predicted octanol–water partition coefficient (Wildman–Crippen LogP) is 9.43. The van der Waals surface area contributed by atoms with Crippen LogP contribution in [-0.2, 0) is 0 Å². The van der Waals surface area contributed by atoms with Gasteiger partial charge in [-0.1, -0.05) is 17.7 Å². The largest absolute Gasteiger partial charge is 0.507 e. The van der Waals surface area contributed by atoms with Gasteiger partial charge in [0.1, 0.15) is 11.5 Å². The fraction of sp³-hybridized carbons (Fsp3) is 0.333. The molecule has 1 aliphatic heterocycles. The normalized spacial score (nSPS) is 14.0. The highest BCUT2D eigenvalue weighted by atomic mass is 35.5. The molecule has 12 heteroatoms. The van der Waals surface area contributed by atoms with Gasteiger partial charge in [0.25, 0.3) is 0 Å². The van der Waals surface area contributed by atoms with Crippen LogP contribution in [0.4, 0.5) is 17.1 Å². The van der Waals surface area contributed by atoms with Crippen molar-refractivity contribution in [3.05, 3.63) is 89.2 Å². The number of methoxy groups -OCH3 is 1. The van der Waals surface area contributed by atoms with Crippen LogP contribution in [-0.4, -0.2) is 52.8 Å². The van der Waals surface area contributed by atoms with Crippen LogP contribution in [0.1, 0.15) is 49.9 Å². The lowest BCUT2D eigenvalue weighted by molar-refractivity contribution is 0.201. The Hall–Kier alpha value is -3.24. The number of aryl methyl sites for hydroxylation is 1. The number of nitrogens with one attached hydrogen (secondary N) is 3. The average molecular weight is 735 g/mol.